The zero-order valence-corrected chi connectivity index (χ0v) is 4.31. The first-order valence-corrected chi connectivity index (χ1v) is 2.43. The minimum atomic E-state index is 0.282. The number of hydrogen-bond donors (Lipinski definition) is 2. The summed E-state index contributed by atoms with van der Waals surface area (Å²) in [7, 11) is 0. The van der Waals surface area contributed by atoms with E-state index in [9.17, 15) is 0 Å². The van der Waals surface area contributed by atoms with Gasteiger partial charge in [-0.05, 0) is 13.3 Å². The van der Waals surface area contributed by atoms with Gasteiger partial charge in [0.05, 0.1) is 6.04 Å². The molecule has 0 amide bonds. The van der Waals surface area contributed by atoms with E-state index >= 15 is 0 Å². The molecular formula is C5H9NO. The highest BCUT2D eigenvalue weighted by Crippen LogP contribution is 2.27. The van der Waals surface area contributed by atoms with Crippen molar-refractivity contribution in [3.8, 4) is 0 Å². The molecule has 0 spiro atoms. The van der Waals surface area contributed by atoms with E-state index in [1.165, 1.54) is 5.57 Å². The molecule has 1 aliphatic rings. The van der Waals surface area contributed by atoms with Gasteiger partial charge < -0.3 is 5.21 Å². The van der Waals surface area contributed by atoms with Crippen molar-refractivity contribution in [3.63, 3.8) is 0 Å². The third-order valence-corrected chi connectivity index (χ3v) is 1.25. The Morgan fingerprint density at radius 3 is 2.86 bits per heavy atom. The quantitative estimate of drug-likeness (QED) is 0.374. The summed E-state index contributed by atoms with van der Waals surface area (Å²) in [5, 5.41) is 8.22. The summed E-state index contributed by atoms with van der Waals surface area (Å²) in [6, 6.07) is 0.282. The molecule has 0 bridgehead atoms. The molecule has 0 radical (unpaired) electrons. The highest BCUT2D eigenvalue weighted by Gasteiger charge is 2.27. The van der Waals surface area contributed by atoms with Crippen LogP contribution in [0.3, 0.4) is 0 Å². The van der Waals surface area contributed by atoms with Crippen LogP contribution < -0.4 is 5.48 Å². The van der Waals surface area contributed by atoms with Crippen molar-refractivity contribution in [1.29, 1.82) is 0 Å². The van der Waals surface area contributed by atoms with Crippen LogP contribution in [0.1, 0.15) is 13.3 Å². The summed E-state index contributed by atoms with van der Waals surface area (Å²) >= 11 is 0. The van der Waals surface area contributed by atoms with Gasteiger partial charge in [0, 0.05) is 0 Å². The maximum atomic E-state index is 8.22. The highest BCUT2D eigenvalue weighted by atomic mass is 16.5. The molecule has 1 aliphatic carbocycles. The number of allylic oxidation sites excluding steroid dienone is 1. The fraction of sp³-hybridized carbons (Fsp3) is 0.600. The standard InChI is InChI=1S/C5H9NO/c1-2-4-3-5(4)6-7/h2,5-7H,3H2,1H3/b4-2-. The van der Waals surface area contributed by atoms with Gasteiger partial charge in [0.1, 0.15) is 0 Å². The Labute approximate surface area is 42.8 Å². The molecule has 0 aromatic heterocycles. The first-order valence-electron chi connectivity index (χ1n) is 2.43. The van der Waals surface area contributed by atoms with Crippen LogP contribution in [-0.2, 0) is 0 Å². The fourth-order valence-corrected chi connectivity index (χ4v) is 0.624. The van der Waals surface area contributed by atoms with E-state index in [2.05, 4.69) is 5.48 Å². The molecule has 7 heavy (non-hydrogen) atoms. The number of hydrogen-bond acceptors (Lipinski definition) is 2. The summed E-state index contributed by atoms with van der Waals surface area (Å²) < 4.78 is 0. The van der Waals surface area contributed by atoms with Crippen molar-refractivity contribution < 1.29 is 5.21 Å². The van der Waals surface area contributed by atoms with E-state index in [-0.39, 0.29) is 6.04 Å². The lowest BCUT2D eigenvalue weighted by Gasteiger charge is -1.81. The van der Waals surface area contributed by atoms with Crippen LogP contribution in [0, 0.1) is 0 Å². The zero-order chi connectivity index (χ0) is 5.28. The SMILES string of the molecule is C/C=C1/CC1NO. The van der Waals surface area contributed by atoms with E-state index in [1.807, 2.05) is 13.0 Å². The minimum absolute atomic E-state index is 0.282. The second-order valence-corrected chi connectivity index (χ2v) is 1.75. The van der Waals surface area contributed by atoms with Gasteiger partial charge in [-0.25, -0.2) is 0 Å². The predicted molar refractivity (Wildman–Crippen MR) is 27.1 cm³/mol. The van der Waals surface area contributed by atoms with Crippen molar-refractivity contribution in [3.05, 3.63) is 11.6 Å². The summed E-state index contributed by atoms with van der Waals surface area (Å²) in [4.78, 5) is 0. The maximum absolute atomic E-state index is 8.22. The summed E-state index contributed by atoms with van der Waals surface area (Å²) in [6.45, 7) is 1.98. The van der Waals surface area contributed by atoms with Crippen molar-refractivity contribution in [2.75, 3.05) is 0 Å². The lowest BCUT2D eigenvalue weighted by atomic mass is 10.5. The molecular weight excluding hydrogens is 90.1 g/mol. The average molecular weight is 99.1 g/mol. The van der Waals surface area contributed by atoms with Gasteiger partial charge in [0.15, 0.2) is 0 Å². The lowest BCUT2D eigenvalue weighted by molar-refractivity contribution is 0.164. The molecule has 0 heterocycles. The molecule has 2 heteroatoms. The fourth-order valence-electron chi connectivity index (χ4n) is 0.624. The lowest BCUT2D eigenvalue weighted by Crippen LogP contribution is -2.08. The van der Waals surface area contributed by atoms with Gasteiger partial charge in [-0.3, -0.25) is 0 Å². The van der Waals surface area contributed by atoms with Gasteiger partial charge >= 0.3 is 0 Å². The average Bonchev–Trinajstić information content (AvgIpc) is 2.43. The van der Waals surface area contributed by atoms with Crippen LogP contribution in [-0.4, -0.2) is 11.2 Å². The van der Waals surface area contributed by atoms with E-state index in [0.717, 1.165) is 6.42 Å². The Morgan fingerprint density at radius 1 is 2.00 bits per heavy atom. The Morgan fingerprint density at radius 2 is 2.71 bits per heavy atom. The van der Waals surface area contributed by atoms with Crippen LogP contribution in [0.2, 0.25) is 0 Å². The molecule has 1 fully saturated rings. The van der Waals surface area contributed by atoms with E-state index in [0.29, 0.717) is 0 Å². The largest absolute Gasteiger partial charge is 0.316 e. The van der Waals surface area contributed by atoms with Crippen LogP contribution in [0.4, 0.5) is 0 Å². The molecule has 0 aliphatic heterocycles. The number of nitrogens with one attached hydrogen (secondary N) is 1. The van der Waals surface area contributed by atoms with Gasteiger partial charge in [0.25, 0.3) is 0 Å². The smallest absolute Gasteiger partial charge is 0.0567 e. The monoisotopic (exact) mass is 99.1 g/mol. The van der Waals surface area contributed by atoms with Crippen LogP contribution in [0.15, 0.2) is 11.6 Å². The Balaban J connectivity index is 2.31. The van der Waals surface area contributed by atoms with E-state index < -0.39 is 0 Å². The first-order chi connectivity index (χ1) is 3.38. The molecule has 2 N–H and O–H groups in total. The van der Waals surface area contributed by atoms with Crippen molar-refractivity contribution in [2.24, 2.45) is 0 Å². The van der Waals surface area contributed by atoms with Crippen LogP contribution in [0.5, 0.6) is 0 Å². The molecule has 0 aromatic rings. The second kappa shape index (κ2) is 1.64. The van der Waals surface area contributed by atoms with Crippen molar-refractivity contribution >= 4 is 0 Å². The van der Waals surface area contributed by atoms with Gasteiger partial charge in [-0.2, -0.15) is 5.48 Å². The summed E-state index contributed by atoms with van der Waals surface area (Å²) in [5.74, 6) is 0. The normalized spacial score (nSPS) is 34.0. The molecule has 1 saturated carbocycles. The molecule has 2 nitrogen and oxygen atoms in total. The molecule has 1 atom stereocenters. The third-order valence-electron chi connectivity index (χ3n) is 1.25. The molecule has 1 unspecified atom stereocenters. The van der Waals surface area contributed by atoms with E-state index in [1.54, 1.807) is 0 Å². The molecule has 0 aromatic carbocycles. The second-order valence-electron chi connectivity index (χ2n) is 1.75. The van der Waals surface area contributed by atoms with Gasteiger partial charge in [-0.15, -0.1) is 0 Å². The maximum Gasteiger partial charge on any atom is 0.0567 e. The van der Waals surface area contributed by atoms with Crippen molar-refractivity contribution in [2.45, 2.75) is 19.4 Å². The molecule has 1 rings (SSSR count). The topological polar surface area (TPSA) is 32.3 Å². The Kier molecular flexibility index (Phi) is 1.13. The molecule has 0 saturated heterocycles. The minimum Gasteiger partial charge on any atom is -0.316 e. The van der Waals surface area contributed by atoms with E-state index in [4.69, 9.17) is 5.21 Å². The molecule has 40 valence electrons. The van der Waals surface area contributed by atoms with Crippen LogP contribution in [0.25, 0.3) is 0 Å². The number of rotatable bonds is 1. The zero-order valence-electron chi connectivity index (χ0n) is 4.31. The van der Waals surface area contributed by atoms with Crippen LogP contribution >= 0.6 is 0 Å². The Bertz CT molecular complexity index is 98.3. The highest BCUT2D eigenvalue weighted by molar-refractivity contribution is 5.26. The Hall–Kier alpha value is -0.340. The van der Waals surface area contributed by atoms with Crippen molar-refractivity contribution in [1.82, 2.24) is 5.48 Å². The predicted octanol–water partition coefficient (Wildman–Crippen LogP) is 0.684. The first kappa shape index (κ1) is 4.81. The third kappa shape index (κ3) is 0.813. The van der Waals surface area contributed by atoms with Gasteiger partial charge in [-0.1, -0.05) is 11.6 Å². The summed E-state index contributed by atoms with van der Waals surface area (Å²) in [6.07, 6.45) is 3.04. The number of hydroxylamine groups is 1. The summed E-state index contributed by atoms with van der Waals surface area (Å²) in [5.41, 5.74) is 3.48. The van der Waals surface area contributed by atoms with Gasteiger partial charge in [0.2, 0.25) is 0 Å².